The molecule has 92 valence electrons. The average Bonchev–Trinajstić information content (AvgIpc) is 2.91. The molecular formula is C11H15N3O3. The van der Waals surface area contributed by atoms with Gasteiger partial charge in [-0.25, -0.2) is 0 Å². The molecule has 1 aliphatic carbocycles. The van der Waals surface area contributed by atoms with Gasteiger partial charge in [0, 0.05) is 25.1 Å². The molecular weight excluding hydrogens is 222 g/mol. The lowest BCUT2D eigenvalue weighted by atomic mass is 10.2. The van der Waals surface area contributed by atoms with Crippen molar-refractivity contribution in [2.45, 2.75) is 30.9 Å². The second kappa shape index (κ2) is 4.12. The van der Waals surface area contributed by atoms with Gasteiger partial charge in [-0.3, -0.25) is 4.79 Å². The Morgan fingerprint density at radius 1 is 1.53 bits per heavy atom. The summed E-state index contributed by atoms with van der Waals surface area (Å²) in [5.41, 5.74) is 0.297. The second-order valence-corrected chi connectivity index (χ2v) is 4.69. The molecule has 1 saturated heterocycles. The van der Waals surface area contributed by atoms with Crippen LogP contribution in [-0.4, -0.2) is 41.4 Å². The summed E-state index contributed by atoms with van der Waals surface area (Å²) in [5, 5.41) is 19.1. The molecule has 0 radical (unpaired) electrons. The molecule has 3 rings (SSSR count). The number of carbonyl (C=O) groups excluding carboxylic acids is 1. The highest BCUT2D eigenvalue weighted by Crippen LogP contribution is 2.40. The average molecular weight is 237 g/mol. The fourth-order valence-electron chi connectivity index (χ4n) is 2.01. The number of nitrogens with one attached hydrogen (secondary N) is 2. The fourth-order valence-corrected chi connectivity index (χ4v) is 2.01. The van der Waals surface area contributed by atoms with Crippen LogP contribution in [0.25, 0.3) is 0 Å². The maximum atomic E-state index is 11.8. The third kappa shape index (κ3) is 2.18. The van der Waals surface area contributed by atoms with Crippen molar-refractivity contribution in [1.82, 2.24) is 15.8 Å². The van der Waals surface area contributed by atoms with Crippen molar-refractivity contribution in [1.29, 1.82) is 0 Å². The number of carbonyl (C=O) groups is 1. The molecule has 0 spiro atoms. The standard InChI is InChI=1S/C11H15N3O3/c15-9-5-12-4-8(9)13-11(16)7-3-10(17-14-7)6-1-2-6/h3,6,8-9,12,15H,1-2,4-5H2,(H,13,16). The minimum absolute atomic E-state index is 0.247. The summed E-state index contributed by atoms with van der Waals surface area (Å²) < 4.78 is 5.11. The maximum Gasteiger partial charge on any atom is 0.273 e. The predicted molar refractivity (Wildman–Crippen MR) is 58.6 cm³/mol. The Bertz CT molecular complexity index is 427. The molecule has 1 saturated carbocycles. The highest BCUT2D eigenvalue weighted by molar-refractivity contribution is 5.92. The van der Waals surface area contributed by atoms with Crippen molar-refractivity contribution >= 4 is 5.91 Å². The van der Waals surface area contributed by atoms with Crippen LogP contribution in [0.4, 0.5) is 0 Å². The van der Waals surface area contributed by atoms with Crippen LogP contribution in [-0.2, 0) is 0 Å². The monoisotopic (exact) mass is 237 g/mol. The molecule has 2 aliphatic rings. The van der Waals surface area contributed by atoms with E-state index < -0.39 is 6.10 Å². The highest BCUT2D eigenvalue weighted by Gasteiger charge is 2.30. The van der Waals surface area contributed by atoms with Gasteiger partial charge in [-0.05, 0) is 12.8 Å². The molecule has 6 nitrogen and oxygen atoms in total. The number of β-amino-alcohol motifs (C(OH)–C–C–N with tert-alkyl or cyclic N) is 1. The van der Waals surface area contributed by atoms with E-state index in [-0.39, 0.29) is 11.9 Å². The molecule has 2 atom stereocenters. The lowest BCUT2D eigenvalue weighted by Crippen LogP contribution is -2.42. The molecule has 1 aromatic rings. The first kappa shape index (κ1) is 10.7. The van der Waals surface area contributed by atoms with E-state index in [2.05, 4.69) is 15.8 Å². The quantitative estimate of drug-likeness (QED) is 0.666. The van der Waals surface area contributed by atoms with Gasteiger partial charge in [0.1, 0.15) is 5.76 Å². The fraction of sp³-hybridized carbons (Fsp3) is 0.636. The molecule has 2 unspecified atom stereocenters. The van der Waals surface area contributed by atoms with E-state index in [0.29, 0.717) is 24.7 Å². The van der Waals surface area contributed by atoms with Crippen molar-refractivity contribution in [2.24, 2.45) is 0 Å². The molecule has 2 fully saturated rings. The summed E-state index contributed by atoms with van der Waals surface area (Å²) in [6, 6.07) is 1.45. The van der Waals surface area contributed by atoms with Crippen LogP contribution in [0.1, 0.15) is 35.0 Å². The van der Waals surface area contributed by atoms with E-state index in [4.69, 9.17) is 4.52 Å². The third-order valence-electron chi connectivity index (χ3n) is 3.24. The summed E-state index contributed by atoms with van der Waals surface area (Å²) in [6.45, 7) is 1.09. The van der Waals surface area contributed by atoms with Crippen LogP contribution in [0.3, 0.4) is 0 Å². The zero-order chi connectivity index (χ0) is 11.8. The molecule has 1 aliphatic heterocycles. The molecule has 0 aromatic carbocycles. The molecule has 1 aromatic heterocycles. The van der Waals surface area contributed by atoms with Crippen LogP contribution in [0.5, 0.6) is 0 Å². The van der Waals surface area contributed by atoms with Gasteiger partial charge in [0.2, 0.25) is 0 Å². The van der Waals surface area contributed by atoms with E-state index in [0.717, 1.165) is 18.6 Å². The van der Waals surface area contributed by atoms with Gasteiger partial charge in [0.15, 0.2) is 5.69 Å². The van der Waals surface area contributed by atoms with E-state index >= 15 is 0 Å². The van der Waals surface area contributed by atoms with Gasteiger partial charge in [0.25, 0.3) is 5.91 Å². The number of aliphatic hydroxyl groups excluding tert-OH is 1. The molecule has 2 heterocycles. The smallest absolute Gasteiger partial charge is 0.273 e. The third-order valence-corrected chi connectivity index (χ3v) is 3.24. The highest BCUT2D eigenvalue weighted by atomic mass is 16.5. The largest absolute Gasteiger partial charge is 0.390 e. The van der Waals surface area contributed by atoms with Crippen LogP contribution in [0.2, 0.25) is 0 Å². The van der Waals surface area contributed by atoms with Gasteiger partial charge in [-0.1, -0.05) is 5.16 Å². The van der Waals surface area contributed by atoms with Crippen molar-refractivity contribution in [3.8, 4) is 0 Å². The normalized spacial score (nSPS) is 28.3. The minimum atomic E-state index is -0.534. The first-order chi connectivity index (χ1) is 8.24. The summed E-state index contributed by atoms with van der Waals surface area (Å²) in [7, 11) is 0. The van der Waals surface area contributed by atoms with Crippen molar-refractivity contribution in [3.05, 3.63) is 17.5 Å². The molecule has 3 N–H and O–H groups in total. The Kier molecular flexibility index (Phi) is 2.60. The first-order valence-electron chi connectivity index (χ1n) is 5.90. The summed E-state index contributed by atoms with van der Waals surface area (Å²) in [6.07, 6.45) is 1.69. The van der Waals surface area contributed by atoms with Crippen molar-refractivity contribution < 1.29 is 14.4 Å². The lowest BCUT2D eigenvalue weighted by Gasteiger charge is -2.13. The summed E-state index contributed by atoms with van der Waals surface area (Å²) >= 11 is 0. The number of rotatable bonds is 3. The topological polar surface area (TPSA) is 87.4 Å². The van der Waals surface area contributed by atoms with Crippen LogP contribution in [0.15, 0.2) is 10.6 Å². The number of amides is 1. The SMILES string of the molecule is O=C(NC1CNCC1O)c1cc(C2CC2)on1. The van der Waals surface area contributed by atoms with Crippen LogP contribution >= 0.6 is 0 Å². The van der Waals surface area contributed by atoms with Gasteiger partial charge in [0.05, 0.1) is 12.1 Å². The Labute approximate surface area is 98.4 Å². The summed E-state index contributed by atoms with van der Waals surface area (Å²) in [4.78, 5) is 11.8. The van der Waals surface area contributed by atoms with Crippen LogP contribution < -0.4 is 10.6 Å². The number of aliphatic hydroxyl groups is 1. The molecule has 1 amide bonds. The summed E-state index contributed by atoms with van der Waals surface area (Å²) in [5.74, 6) is 0.955. The van der Waals surface area contributed by atoms with E-state index in [9.17, 15) is 9.90 Å². The van der Waals surface area contributed by atoms with Gasteiger partial charge >= 0.3 is 0 Å². The number of hydrogen-bond acceptors (Lipinski definition) is 5. The Morgan fingerprint density at radius 3 is 3.00 bits per heavy atom. The zero-order valence-electron chi connectivity index (χ0n) is 9.35. The van der Waals surface area contributed by atoms with E-state index in [1.54, 1.807) is 6.07 Å². The number of hydrogen-bond donors (Lipinski definition) is 3. The van der Waals surface area contributed by atoms with Gasteiger partial charge < -0.3 is 20.3 Å². The molecule has 6 heteroatoms. The zero-order valence-corrected chi connectivity index (χ0v) is 9.35. The maximum absolute atomic E-state index is 11.8. The number of aromatic nitrogens is 1. The molecule has 0 bridgehead atoms. The number of nitrogens with zero attached hydrogens (tertiary/aromatic N) is 1. The Morgan fingerprint density at radius 2 is 2.35 bits per heavy atom. The van der Waals surface area contributed by atoms with Crippen molar-refractivity contribution in [2.75, 3.05) is 13.1 Å². The van der Waals surface area contributed by atoms with Gasteiger partial charge in [-0.2, -0.15) is 0 Å². The lowest BCUT2D eigenvalue weighted by molar-refractivity contribution is 0.0879. The predicted octanol–water partition coefficient (Wildman–Crippen LogP) is -0.385. The first-order valence-corrected chi connectivity index (χ1v) is 5.90. The van der Waals surface area contributed by atoms with Crippen molar-refractivity contribution in [3.63, 3.8) is 0 Å². The van der Waals surface area contributed by atoms with E-state index in [1.807, 2.05) is 0 Å². The minimum Gasteiger partial charge on any atom is -0.390 e. The molecule has 17 heavy (non-hydrogen) atoms. The van der Waals surface area contributed by atoms with Crippen LogP contribution in [0, 0.1) is 0 Å². The second-order valence-electron chi connectivity index (χ2n) is 4.69. The van der Waals surface area contributed by atoms with Gasteiger partial charge in [-0.15, -0.1) is 0 Å². The Hall–Kier alpha value is -1.40. The Balaban J connectivity index is 1.64. The van der Waals surface area contributed by atoms with E-state index in [1.165, 1.54) is 0 Å².